The predicted molar refractivity (Wildman–Crippen MR) is 77.7 cm³/mol. The average Bonchev–Trinajstić information content (AvgIpc) is 2.94. The maximum absolute atomic E-state index is 12.3. The molecule has 0 spiro atoms. The Morgan fingerprint density at radius 3 is 2.79 bits per heavy atom. The van der Waals surface area contributed by atoms with Crippen LogP contribution < -0.4 is 5.32 Å². The number of fused-ring (bicyclic) bond motifs is 1. The summed E-state index contributed by atoms with van der Waals surface area (Å²) in [7, 11) is 1.82. The van der Waals surface area contributed by atoms with Crippen LogP contribution in [0.5, 0.6) is 0 Å². The van der Waals surface area contributed by atoms with Gasteiger partial charge in [-0.15, -0.1) is 11.3 Å². The lowest BCUT2D eigenvalue weighted by molar-refractivity contribution is 0.102. The number of hydrogen-bond donors (Lipinski definition) is 1. The van der Waals surface area contributed by atoms with Crippen LogP contribution >= 0.6 is 11.3 Å². The van der Waals surface area contributed by atoms with Gasteiger partial charge in [0.1, 0.15) is 0 Å². The largest absolute Gasteiger partial charge is 0.304 e. The Labute approximate surface area is 114 Å². The van der Waals surface area contributed by atoms with Crippen LogP contribution in [0.4, 0.5) is 5.82 Å². The molecule has 5 heteroatoms. The number of aromatic nitrogens is 2. The monoisotopic (exact) mass is 271 g/mol. The second kappa shape index (κ2) is 4.51. The lowest BCUT2D eigenvalue weighted by Gasteiger charge is -2.00. The SMILES string of the molecule is Cc1c(C(=O)Nc2ccn(C)n2)sc2ccccc12. The van der Waals surface area contributed by atoms with E-state index in [1.165, 1.54) is 11.3 Å². The van der Waals surface area contributed by atoms with Crippen LogP contribution in [0.25, 0.3) is 10.1 Å². The van der Waals surface area contributed by atoms with E-state index in [1.54, 1.807) is 16.9 Å². The zero-order chi connectivity index (χ0) is 13.4. The molecule has 2 aromatic heterocycles. The topological polar surface area (TPSA) is 46.9 Å². The molecule has 1 N–H and O–H groups in total. The standard InChI is InChI=1S/C14H13N3OS/c1-9-10-5-3-4-6-11(10)19-13(9)14(18)15-12-7-8-17(2)16-12/h3-8H,1-2H3,(H,15,16,18). The van der Waals surface area contributed by atoms with Crippen LogP contribution in [-0.4, -0.2) is 15.7 Å². The van der Waals surface area contributed by atoms with Gasteiger partial charge in [-0.2, -0.15) is 5.10 Å². The number of rotatable bonds is 2. The third-order valence-corrected chi connectivity index (χ3v) is 4.28. The van der Waals surface area contributed by atoms with E-state index in [4.69, 9.17) is 0 Å². The van der Waals surface area contributed by atoms with Gasteiger partial charge >= 0.3 is 0 Å². The van der Waals surface area contributed by atoms with Gasteiger partial charge in [-0.05, 0) is 23.9 Å². The zero-order valence-corrected chi connectivity index (χ0v) is 11.5. The van der Waals surface area contributed by atoms with Crippen molar-refractivity contribution in [1.82, 2.24) is 9.78 Å². The minimum Gasteiger partial charge on any atom is -0.304 e. The summed E-state index contributed by atoms with van der Waals surface area (Å²) in [5, 5.41) is 8.11. The minimum absolute atomic E-state index is 0.0996. The van der Waals surface area contributed by atoms with Crippen LogP contribution in [0.2, 0.25) is 0 Å². The zero-order valence-electron chi connectivity index (χ0n) is 10.7. The van der Waals surface area contributed by atoms with Gasteiger partial charge in [0.2, 0.25) is 0 Å². The molecule has 0 saturated carbocycles. The van der Waals surface area contributed by atoms with Gasteiger partial charge < -0.3 is 5.32 Å². The number of thiophene rings is 1. The Kier molecular flexibility index (Phi) is 2.83. The number of nitrogens with one attached hydrogen (secondary N) is 1. The van der Waals surface area contributed by atoms with E-state index in [2.05, 4.69) is 10.4 Å². The highest BCUT2D eigenvalue weighted by atomic mass is 32.1. The van der Waals surface area contributed by atoms with Gasteiger partial charge in [0.25, 0.3) is 5.91 Å². The van der Waals surface area contributed by atoms with Crippen molar-refractivity contribution in [3.8, 4) is 0 Å². The number of carbonyl (C=O) groups is 1. The lowest BCUT2D eigenvalue weighted by atomic mass is 10.1. The predicted octanol–water partition coefficient (Wildman–Crippen LogP) is 3.20. The minimum atomic E-state index is -0.0996. The molecular weight excluding hydrogens is 258 g/mol. The Hall–Kier alpha value is -2.14. The summed E-state index contributed by atoms with van der Waals surface area (Å²) >= 11 is 1.51. The smallest absolute Gasteiger partial charge is 0.267 e. The molecule has 0 aliphatic heterocycles. The van der Waals surface area contributed by atoms with Crippen LogP contribution in [0.15, 0.2) is 36.5 Å². The first-order chi connectivity index (χ1) is 9.15. The number of carbonyl (C=O) groups excluding carboxylic acids is 1. The quantitative estimate of drug-likeness (QED) is 0.778. The van der Waals surface area contributed by atoms with Crippen molar-refractivity contribution in [2.45, 2.75) is 6.92 Å². The maximum Gasteiger partial charge on any atom is 0.267 e. The highest BCUT2D eigenvalue weighted by Gasteiger charge is 2.15. The normalized spacial score (nSPS) is 10.8. The highest BCUT2D eigenvalue weighted by molar-refractivity contribution is 7.21. The molecule has 0 bridgehead atoms. The number of hydrogen-bond acceptors (Lipinski definition) is 3. The van der Waals surface area contributed by atoms with Gasteiger partial charge in [0.05, 0.1) is 4.88 Å². The third kappa shape index (κ3) is 2.13. The Bertz CT molecular complexity index is 757. The molecule has 3 aromatic rings. The molecule has 0 atom stereocenters. The van der Waals surface area contributed by atoms with Gasteiger partial charge in [0.15, 0.2) is 5.82 Å². The maximum atomic E-state index is 12.3. The molecule has 0 unspecified atom stereocenters. The van der Waals surface area contributed by atoms with Crippen molar-refractivity contribution in [3.05, 3.63) is 47.0 Å². The summed E-state index contributed by atoms with van der Waals surface area (Å²) in [6.07, 6.45) is 1.80. The highest BCUT2D eigenvalue weighted by Crippen LogP contribution is 2.30. The summed E-state index contributed by atoms with van der Waals surface area (Å²) in [6.45, 7) is 1.98. The second-order valence-corrected chi connectivity index (χ2v) is 5.43. The molecule has 96 valence electrons. The fourth-order valence-electron chi connectivity index (χ4n) is 2.05. The van der Waals surface area contributed by atoms with E-state index in [9.17, 15) is 4.79 Å². The van der Waals surface area contributed by atoms with Crippen LogP contribution in [-0.2, 0) is 7.05 Å². The molecule has 2 heterocycles. The van der Waals surface area contributed by atoms with E-state index in [0.29, 0.717) is 5.82 Å². The van der Waals surface area contributed by atoms with Crippen molar-refractivity contribution in [2.75, 3.05) is 5.32 Å². The van der Waals surface area contributed by atoms with Crippen molar-refractivity contribution in [2.24, 2.45) is 7.05 Å². The summed E-state index contributed by atoms with van der Waals surface area (Å²) in [5.41, 5.74) is 1.02. The summed E-state index contributed by atoms with van der Waals surface area (Å²) in [4.78, 5) is 13.0. The summed E-state index contributed by atoms with van der Waals surface area (Å²) in [5.74, 6) is 0.474. The first-order valence-corrected chi connectivity index (χ1v) is 6.76. The summed E-state index contributed by atoms with van der Waals surface area (Å²) < 4.78 is 2.79. The van der Waals surface area contributed by atoms with Crippen LogP contribution in [0, 0.1) is 6.92 Å². The second-order valence-electron chi connectivity index (χ2n) is 4.38. The third-order valence-electron chi connectivity index (χ3n) is 3.01. The molecule has 0 radical (unpaired) electrons. The van der Waals surface area contributed by atoms with E-state index in [1.807, 2.05) is 38.2 Å². The molecule has 1 amide bonds. The molecule has 3 rings (SSSR count). The fourth-order valence-corrected chi connectivity index (χ4v) is 3.15. The first kappa shape index (κ1) is 11.9. The fraction of sp³-hybridized carbons (Fsp3) is 0.143. The first-order valence-electron chi connectivity index (χ1n) is 5.94. The Morgan fingerprint density at radius 1 is 1.32 bits per heavy atom. The molecule has 19 heavy (non-hydrogen) atoms. The van der Waals surface area contributed by atoms with Crippen LogP contribution in [0.1, 0.15) is 15.2 Å². The molecule has 4 nitrogen and oxygen atoms in total. The van der Waals surface area contributed by atoms with E-state index in [0.717, 1.165) is 20.5 Å². The van der Waals surface area contributed by atoms with Crippen molar-refractivity contribution < 1.29 is 4.79 Å². The number of aryl methyl sites for hydroxylation is 2. The molecule has 0 aliphatic rings. The molecule has 0 fully saturated rings. The molecule has 0 saturated heterocycles. The average molecular weight is 271 g/mol. The number of amides is 1. The van der Waals surface area contributed by atoms with Gasteiger partial charge in [-0.3, -0.25) is 9.48 Å². The van der Waals surface area contributed by atoms with Crippen molar-refractivity contribution in [3.63, 3.8) is 0 Å². The number of anilines is 1. The Morgan fingerprint density at radius 2 is 2.11 bits per heavy atom. The Balaban J connectivity index is 1.95. The van der Waals surface area contributed by atoms with Gasteiger partial charge in [0, 0.05) is 24.0 Å². The molecular formula is C14H13N3OS. The van der Waals surface area contributed by atoms with Gasteiger partial charge in [-0.1, -0.05) is 18.2 Å². The van der Waals surface area contributed by atoms with Crippen molar-refractivity contribution in [1.29, 1.82) is 0 Å². The number of benzene rings is 1. The summed E-state index contributed by atoms with van der Waals surface area (Å²) in [6, 6.07) is 9.82. The van der Waals surface area contributed by atoms with E-state index >= 15 is 0 Å². The van der Waals surface area contributed by atoms with Crippen LogP contribution in [0.3, 0.4) is 0 Å². The number of nitrogens with zero attached hydrogens (tertiary/aromatic N) is 2. The molecule has 1 aromatic carbocycles. The molecule has 0 aliphatic carbocycles. The van der Waals surface area contributed by atoms with E-state index in [-0.39, 0.29) is 5.91 Å². The van der Waals surface area contributed by atoms with Crippen molar-refractivity contribution >= 4 is 33.1 Å². The lowest BCUT2D eigenvalue weighted by Crippen LogP contribution is -2.12. The van der Waals surface area contributed by atoms with E-state index < -0.39 is 0 Å². The van der Waals surface area contributed by atoms with Gasteiger partial charge in [-0.25, -0.2) is 0 Å².